The fraction of sp³-hybridized carbons (Fsp3) is 0.167. The van der Waals surface area contributed by atoms with Crippen molar-refractivity contribution in [1.29, 1.82) is 0 Å². The van der Waals surface area contributed by atoms with Crippen LogP contribution >= 0.6 is 11.8 Å². The molecule has 1 heterocycles. The Morgan fingerprint density at radius 3 is 2.83 bits per heavy atom. The highest BCUT2D eigenvalue weighted by atomic mass is 32.2. The minimum atomic E-state index is -0.291. The highest BCUT2D eigenvalue weighted by Crippen LogP contribution is 2.22. The minimum absolute atomic E-state index is 0.291. The molecule has 0 spiro atoms. The summed E-state index contributed by atoms with van der Waals surface area (Å²) in [5.41, 5.74) is 1.83. The van der Waals surface area contributed by atoms with Crippen molar-refractivity contribution >= 4 is 29.3 Å². The number of amides is 2. The van der Waals surface area contributed by atoms with Crippen molar-refractivity contribution in [3.8, 4) is 0 Å². The number of urea groups is 1. The molecule has 6 heteroatoms. The fourth-order valence-electron chi connectivity index (χ4n) is 1.46. The molecule has 1 aromatic heterocycles. The average molecular weight is 262 g/mol. The van der Waals surface area contributed by atoms with E-state index in [0.717, 1.165) is 16.1 Å². The van der Waals surface area contributed by atoms with Gasteiger partial charge in [0.2, 0.25) is 0 Å². The van der Waals surface area contributed by atoms with Gasteiger partial charge in [0.05, 0.1) is 6.20 Å². The van der Waals surface area contributed by atoms with Gasteiger partial charge >= 0.3 is 6.03 Å². The molecular weight excluding hydrogens is 248 g/mol. The molecule has 0 saturated heterocycles. The summed E-state index contributed by atoms with van der Waals surface area (Å²) in [5.74, 6) is 0.561. The van der Waals surface area contributed by atoms with Crippen molar-refractivity contribution < 1.29 is 4.79 Å². The molecular formula is C12H14N4OS. The number of nitrogens with zero attached hydrogens (tertiary/aromatic N) is 1. The first kappa shape index (κ1) is 12.5. The van der Waals surface area contributed by atoms with E-state index in [4.69, 9.17) is 0 Å². The maximum Gasteiger partial charge on any atom is 0.324 e. The maximum absolute atomic E-state index is 11.8. The first-order valence-corrected chi connectivity index (χ1v) is 6.63. The van der Waals surface area contributed by atoms with Gasteiger partial charge in [-0.25, -0.2) is 4.79 Å². The number of aromatic amines is 1. The van der Waals surface area contributed by atoms with E-state index in [1.165, 1.54) is 0 Å². The van der Waals surface area contributed by atoms with Gasteiger partial charge in [-0.3, -0.25) is 10.4 Å². The minimum Gasteiger partial charge on any atom is -0.307 e. The number of hydrogen-bond donors (Lipinski definition) is 3. The summed E-state index contributed by atoms with van der Waals surface area (Å²) in [4.78, 5) is 12.9. The van der Waals surface area contributed by atoms with Gasteiger partial charge in [0.1, 0.15) is 5.82 Å². The second-order valence-electron chi connectivity index (χ2n) is 3.73. The number of carbonyl (C=O) groups is 1. The number of carbonyl (C=O) groups excluding carboxylic acids is 1. The molecule has 3 N–H and O–H groups in total. The molecule has 0 radical (unpaired) electrons. The van der Waals surface area contributed by atoms with Crippen molar-refractivity contribution in [2.24, 2.45) is 0 Å². The average Bonchev–Trinajstić information content (AvgIpc) is 2.84. The van der Waals surface area contributed by atoms with Gasteiger partial charge < -0.3 is 5.32 Å². The molecule has 5 nitrogen and oxygen atoms in total. The van der Waals surface area contributed by atoms with Crippen molar-refractivity contribution in [2.75, 3.05) is 16.9 Å². The third-order valence-electron chi connectivity index (χ3n) is 2.44. The lowest BCUT2D eigenvalue weighted by atomic mass is 10.2. The number of nitrogens with one attached hydrogen (secondary N) is 3. The Hall–Kier alpha value is -1.95. The smallest absolute Gasteiger partial charge is 0.307 e. The first-order valence-electron chi connectivity index (χ1n) is 5.41. The molecule has 2 aromatic rings. The van der Waals surface area contributed by atoms with Crippen LogP contribution in [0.3, 0.4) is 0 Å². The van der Waals surface area contributed by atoms with Crippen molar-refractivity contribution in [3.63, 3.8) is 0 Å². The summed E-state index contributed by atoms with van der Waals surface area (Å²) in [7, 11) is 0. The maximum atomic E-state index is 11.8. The van der Waals surface area contributed by atoms with Gasteiger partial charge in [0, 0.05) is 16.6 Å². The summed E-state index contributed by atoms with van der Waals surface area (Å²) in [6.45, 7) is 1.95. The Morgan fingerprint density at radius 2 is 2.17 bits per heavy atom. The highest BCUT2D eigenvalue weighted by molar-refractivity contribution is 7.98. The predicted molar refractivity (Wildman–Crippen MR) is 74.2 cm³/mol. The molecule has 0 aliphatic rings. The van der Waals surface area contributed by atoms with Crippen LogP contribution in [0, 0.1) is 6.92 Å². The van der Waals surface area contributed by atoms with Crippen LogP contribution < -0.4 is 10.6 Å². The number of aryl methyl sites for hydroxylation is 1. The van der Waals surface area contributed by atoms with Gasteiger partial charge in [-0.2, -0.15) is 5.10 Å². The monoisotopic (exact) mass is 262 g/mol. The SMILES string of the molecule is CSc1ccc(C)c(NC(=O)Nc2ccn[nH]2)c1. The van der Waals surface area contributed by atoms with Gasteiger partial charge in [0.25, 0.3) is 0 Å². The molecule has 0 saturated carbocycles. The Balaban J connectivity index is 2.06. The number of benzene rings is 1. The molecule has 0 fully saturated rings. The number of aromatic nitrogens is 2. The van der Waals surface area contributed by atoms with E-state index in [9.17, 15) is 4.79 Å². The fourth-order valence-corrected chi connectivity index (χ4v) is 1.90. The van der Waals surface area contributed by atoms with Crippen LogP contribution in [0.15, 0.2) is 35.4 Å². The van der Waals surface area contributed by atoms with Gasteiger partial charge in [0.15, 0.2) is 0 Å². The molecule has 0 bridgehead atoms. The lowest BCUT2D eigenvalue weighted by Gasteiger charge is -2.10. The van der Waals surface area contributed by atoms with Crippen LogP contribution in [0.1, 0.15) is 5.56 Å². The zero-order valence-electron chi connectivity index (χ0n) is 10.2. The topological polar surface area (TPSA) is 69.8 Å². The Bertz CT molecular complexity index is 539. The first-order chi connectivity index (χ1) is 8.69. The molecule has 0 unspecified atom stereocenters. The summed E-state index contributed by atoms with van der Waals surface area (Å²) in [6, 6.07) is 7.35. The summed E-state index contributed by atoms with van der Waals surface area (Å²) in [6.07, 6.45) is 3.58. The molecule has 0 atom stereocenters. The van der Waals surface area contributed by atoms with Crippen molar-refractivity contribution in [2.45, 2.75) is 11.8 Å². The number of hydrogen-bond acceptors (Lipinski definition) is 3. The van der Waals surface area contributed by atoms with Gasteiger partial charge in [-0.15, -0.1) is 11.8 Å². The van der Waals surface area contributed by atoms with Crippen molar-refractivity contribution in [3.05, 3.63) is 36.0 Å². The number of rotatable bonds is 3. The van der Waals surface area contributed by atoms with Gasteiger partial charge in [-0.1, -0.05) is 6.07 Å². The zero-order valence-corrected chi connectivity index (χ0v) is 11.0. The second kappa shape index (κ2) is 5.59. The van der Waals surface area contributed by atoms with Crippen LogP contribution in [0.5, 0.6) is 0 Å². The zero-order chi connectivity index (χ0) is 13.0. The Labute approximate surface area is 109 Å². The number of anilines is 2. The summed E-state index contributed by atoms with van der Waals surface area (Å²) >= 11 is 1.64. The van der Waals surface area contributed by atoms with E-state index in [1.54, 1.807) is 24.0 Å². The lowest BCUT2D eigenvalue weighted by molar-refractivity contribution is 0.262. The van der Waals surface area contributed by atoms with E-state index < -0.39 is 0 Å². The molecule has 18 heavy (non-hydrogen) atoms. The molecule has 2 amide bonds. The van der Waals surface area contributed by atoms with Gasteiger partial charge in [-0.05, 0) is 30.9 Å². The predicted octanol–water partition coefficient (Wildman–Crippen LogP) is 3.08. The quantitative estimate of drug-likeness (QED) is 0.744. The van der Waals surface area contributed by atoms with E-state index in [2.05, 4.69) is 20.8 Å². The second-order valence-corrected chi connectivity index (χ2v) is 4.61. The van der Waals surface area contributed by atoms with E-state index in [1.807, 2.05) is 31.4 Å². The Morgan fingerprint density at radius 1 is 1.33 bits per heavy atom. The lowest BCUT2D eigenvalue weighted by Crippen LogP contribution is -2.20. The molecule has 1 aromatic carbocycles. The third kappa shape index (κ3) is 3.04. The van der Waals surface area contributed by atoms with Crippen LogP contribution in [-0.2, 0) is 0 Å². The van der Waals surface area contributed by atoms with E-state index >= 15 is 0 Å². The molecule has 0 aliphatic carbocycles. The largest absolute Gasteiger partial charge is 0.324 e. The van der Waals surface area contributed by atoms with E-state index in [-0.39, 0.29) is 6.03 Å². The molecule has 0 aliphatic heterocycles. The third-order valence-corrected chi connectivity index (χ3v) is 3.17. The summed E-state index contributed by atoms with van der Waals surface area (Å²) in [5, 5.41) is 11.9. The van der Waals surface area contributed by atoms with Crippen LogP contribution in [0.2, 0.25) is 0 Å². The molecule has 2 rings (SSSR count). The number of H-pyrrole nitrogens is 1. The standard InChI is InChI=1S/C12H14N4OS/c1-8-3-4-9(18-2)7-10(8)14-12(17)15-11-5-6-13-16-11/h3-7H,1-2H3,(H3,13,14,15,16,17). The normalized spacial score (nSPS) is 10.1. The van der Waals surface area contributed by atoms with Crippen LogP contribution in [-0.4, -0.2) is 22.5 Å². The molecule has 94 valence electrons. The van der Waals surface area contributed by atoms with Crippen LogP contribution in [0.4, 0.5) is 16.3 Å². The van der Waals surface area contributed by atoms with E-state index in [0.29, 0.717) is 5.82 Å². The van der Waals surface area contributed by atoms with Crippen molar-refractivity contribution in [1.82, 2.24) is 10.2 Å². The summed E-state index contributed by atoms with van der Waals surface area (Å²) < 4.78 is 0. The highest BCUT2D eigenvalue weighted by Gasteiger charge is 2.06. The Kier molecular flexibility index (Phi) is 3.88. The number of thioether (sulfide) groups is 1. The van der Waals surface area contributed by atoms with Crippen LogP contribution in [0.25, 0.3) is 0 Å².